The second kappa shape index (κ2) is 13.3. The number of rotatable bonds is 7. The summed E-state index contributed by atoms with van der Waals surface area (Å²) < 4.78 is 0. The summed E-state index contributed by atoms with van der Waals surface area (Å²) in [4.78, 5) is 12.1. The highest BCUT2D eigenvalue weighted by molar-refractivity contribution is 14.0. The van der Waals surface area contributed by atoms with Gasteiger partial charge in [0.25, 0.3) is 0 Å². The summed E-state index contributed by atoms with van der Waals surface area (Å²) in [5.41, 5.74) is 2.67. The molecule has 1 aromatic carbocycles. The van der Waals surface area contributed by atoms with Gasteiger partial charge in [-0.15, -0.1) is 35.3 Å². The van der Waals surface area contributed by atoms with Crippen LogP contribution in [0.25, 0.3) is 0 Å². The maximum absolute atomic E-state index is 4.34. The van der Waals surface area contributed by atoms with Crippen LogP contribution in [0, 0.1) is 0 Å². The number of guanidine groups is 1. The van der Waals surface area contributed by atoms with Crippen molar-refractivity contribution in [2.24, 2.45) is 4.99 Å². The van der Waals surface area contributed by atoms with E-state index in [0.29, 0.717) is 0 Å². The minimum Gasteiger partial charge on any atom is -0.352 e. The van der Waals surface area contributed by atoms with Crippen LogP contribution in [0.2, 0.25) is 0 Å². The standard InChI is InChI=1S/C23H35N5S.HI/c1-4-21-10-11-22(29-21)17-26-23(24-2)25-16-19-6-8-20(9-7-19)18-28-13-5-12-27(3)14-15-28;/h6-11H,4-5,12-18H2,1-3H3,(H2,24,25,26);1H. The van der Waals surface area contributed by atoms with E-state index in [1.54, 1.807) is 0 Å². The second-order valence-corrected chi connectivity index (χ2v) is 9.00. The summed E-state index contributed by atoms with van der Waals surface area (Å²) in [7, 11) is 4.04. The molecule has 0 atom stereocenters. The molecule has 1 aliphatic heterocycles. The molecular weight excluding hydrogens is 505 g/mol. The lowest BCUT2D eigenvalue weighted by Gasteiger charge is -2.20. The molecule has 0 aliphatic carbocycles. The lowest BCUT2D eigenvalue weighted by Crippen LogP contribution is -2.36. The van der Waals surface area contributed by atoms with Crippen molar-refractivity contribution < 1.29 is 0 Å². The molecule has 3 rings (SSSR count). The van der Waals surface area contributed by atoms with Crippen LogP contribution in [0.4, 0.5) is 0 Å². The van der Waals surface area contributed by atoms with Gasteiger partial charge in [0, 0.05) is 43.0 Å². The van der Waals surface area contributed by atoms with Gasteiger partial charge < -0.3 is 15.5 Å². The van der Waals surface area contributed by atoms with Crippen LogP contribution >= 0.6 is 35.3 Å². The quantitative estimate of drug-likeness (QED) is 0.317. The molecule has 30 heavy (non-hydrogen) atoms. The van der Waals surface area contributed by atoms with E-state index < -0.39 is 0 Å². The molecule has 0 amide bonds. The third-order valence-corrected chi connectivity index (χ3v) is 6.65. The molecule has 0 bridgehead atoms. The molecule has 166 valence electrons. The second-order valence-electron chi connectivity index (χ2n) is 7.75. The van der Waals surface area contributed by atoms with Crippen molar-refractivity contribution in [2.45, 2.75) is 39.4 Å². The summed E-state index contributed by atoms with van der Waals surface area (Å²) in [6, 6.07) is 13.4. The van der Waals surface area contributed by atoms with Gasteiger partial charge in [-0.25, -0.2) is 0 Å². The monoisotopic (exact) mass is 541 g/mol. The average Bonchev–Trinajstić information content (AvgIpc) is 3.11. The highest BCUT2D eigenvalue weighted by Gasteiger charge is 2.12. The first-order chi connectivity index (χ1) is 14.2. The lowest BCUT2D eigenvalue weighted by atomic mass is 10.1. The highest BCUT2D eigenvalue weighted by Crippen LogP contribution is 2.16. The summed E-state index contributed by atoms with van der Waals surface area (Å²) in [6.07, 6.45) is 2.36. The number of likely N-dealkylation sites (N-methyl/N-ethyl adjacent to an activating group) is 1. The molecule has 0 unspecified atom stereocenters. The van der Waals surface area contributed by atoms with E-state index in [1.807, 2.05) is 18.4 Å². The maximum atomic E-state index is 4.34. The SMILES string of the molecule is CCc1ccc(CNC(=NC)NCc2ccc(CN3CCCN(C)CC3)cc2)s1.I. The van der Waals surface area contributed by atoms with Crippen LogP contribution in [0.15, 0.2) is 41.4 Å². The molecule has 0 radical (unpaired) electrons. The molecule has 2 aromatic rings. The van der Waals surface area contributed by atoms with Crippen LogP contribution in [0.5, 0.6) is 0 Å². The van der Waals surface area contributed by atoms with Crippen molar-refractivity contribution in [1.82, 2.24) is 20.4 Å². The summed E-state index contributed by atoms with van der Waals surface area (Å²) >= 11 is 1.87. The minimum atomic E-state index is 0. The largest absolute Gasteiger partial charge is 0.352 e. The van der Waals surface area contributed by atoms with E-state index in [4.69, 9.17) is 0 Å². The Kier molecular flexibility index (Phi) is 11.1. The average molecular weight is 542 g/mol. The van der Waals surface area contributed by atoms with Crippen LogP contribution in [-0.4, -0.2) is 56.0 Å². The number of thiophene rings is 1. The smallest absolute Gasteiger partial charge is 0.191 e. The summed E-state index contributed by atoms with van der Waals surface area (Å²) in [5.74, 6) is 0.842. The van der Waals surface area contributed by atoms with Crippen LogP contribution in [0.3, 0.4) is 0 Å². The van der Waals surface area contributed by atoms with Gasteiger partial charge in [-0.3, -0.25) is 9.89 Å². The zero-order chi connectivity index (χ0) is 20.5. The van der Waals surface area contributed by atoms with E-state index in [-0.39, 0.29) is 24.0 Å². The van der Waals surface area contributed by atoms with Gasteiger partial charge in [0.2, 0.25) is 0 Å². The first kappa shape index (κ1) is 25.1. The molecule has 5 nitrogen and oxygen atoms in total. The number of hydrogen-bond donors (Lipinski definition) is 2. The Morgan fingerprint density at radius 1 is 0.933 bits per heavy atom. The zero-order valence-electron chi connectivity index (χ0n) is 18.5. The first-order valence-electron chi connectivity index (χ1n) is 10.7. The number of halogens is 1. The van der Waals surface area contributed by atoms with Crippen molar-refractivity contribution in [3.8, 4) is 0 Å². The van der Waals surface area contributed by atoms with Crippen LogP contribution in [-0.2, 0) is 26.1 Å². The Morgan fingerprint density at radius 2 is 1.63 bits per heavy atom. The van der Waals surface area contributed by atoms with Crippen molar-refractivity contribution in [3.05, 3.63) is 57.3 Å². The summed E-state index contributed by atoms with van der Waals surface area (Å²) in [6.45, 7) is 9.56. The van der Waals surface area contributed by atoms with Gasteiger partial charge in [-0.2, -0.15) is 0 Å². The summed E-state index contributed by atoms with van der Waals surface area (Å²) in [5, 5.41) is 6.83. The van der Waals surface area contributed by atoms with E-state index in [0.717, 1.165) is 38.6 Å². The van der Waals surface area contributed by atoms with Crippen LogP contribution < -0.4 is 10.6 Å². The Balaban J connectivity index is 0.00000320. The van der Waals surface area contributed by atoms with Gasteiger partial charge in [0.05, 0.1) is 6.54 Å². The van der Waals surface area contributed by atoms with Crippen molar-refractivity contribution in [1.29, 1.82) is 0 Å². The minimum absolute atomic E-state index is 0. The third-order valence-electron chi connectivity index (χ3n) is 5.42. The molecule has 1 aromatic heterocycles. The lowest BCUT2D eigenvalue weighted by molar-refractivity contribution is 0.269. The molecule has 2 heterocycles. The van der Waals surface area contributed by atoms with Crippen LogP contribution in [0.1, 0.15) is 34.2 Å². The molecule has 1 fully saturated rings. The van der Waals surface area contributed by atoms with E-state index >= 15 is 0 Å². The zero-order valence-corrected chi connectivity index (χ0v) is 21.6. The fourth-order valence-corrected chi connectivity index (χ4v) is 4.46. The third kappa shape index (κ3) is 8.17. The number of hydrogen-bond acceptors (Lipinski definition) is 4. The van der Waals surface area contributed by atoms with Crippen molar-refractivity contribution in [3.63, 3.8) is 0 Å². The molecule has 0 saturated carbocycles. The Bertz CT molecular complexity index is 774. The van der Waals surface area contributed by atoms with Crippen molar-refractivity contribution in [2.75, 3.05) is 40.3 Å². The first-order valence-corrected chi connectivity index (χ1v) is 11.5. The molecular formula is C23H36IN5S. The predicted molar refractivity (Wildman–Crippen MR) is 140 cm³/mol. The highest BCUT2D eigenvalue weighted by atomic mass is 127. The molecule has 0 spiro atoms. The fraction of sp³-hybridized carbons (Fsp3) is 0.522. The van der Waals surface area contributed by atoms with E-state index in [1.165, 1.54) is 46.9 Å². The maximum Gasteiger partial charge on any atom is 0.191 e. The molecule has 7 heteroatoms. The molecule has 1 saturated heterocycles. The number of benzene rings is 1. The van der Waals surface area contributed by atoms with E-state index in [9.17, 15) is 0 Å². The topological polar surface area (TPSA) is 42.9 Å². The van der Waals surface area contributed by atoms with Gasteiger partial charge in [-0.1, -0.05) is 31.2 Å². The Labute approximate surface area is 203 Å². The Hall–Kier alpha value is -1.16. The van der Waals surface area contributed by atoms with Crippen molar-refractivity contribution >= 4 is 41.3 Å². The van der Waals surface area contributed by atoms with Gasteiger partial charge in [-0.05, 0) is 56.2 Å². The molecule has 2 N–H and O–H groups in total. The number of aryl methyl sites for hydroxylation is 1. The number of aliphatic imine (C=N–C) groups is 1. The van der Waals surface area contributed by atoms with Gasteiger partial charge in [0.15, 0.2) is 5.96 Å². The van der Waals surface area contributed by atoms with E-state index in [2.05, 4.69) is 75.8 Å². The predicted octanol–water partition coefficient (Wildman–Crippen LogP) is 3.93. The molecule has 1 aliphatic rings. The normalized spacial score (nSPS) is 16.0. The fourth-order valence-electron chi connectivity index (χ4n) is 3.56. The van der Waals surface area contributed by atoms with Gasteiger partial charge in [0.1, 0.15) is 0 Å². The number of nitrogens with one attached hydrogen (secondary N) is 2. The number of nitrogens with zero attached hydrogens (tertiary/aromatic N) is 3. The Morgan fingerprint density at radius 3 is 2.33 bits per heavy atom. The van der Waals surface area contributed by atoms with Gasteiger partial charge >= 0.3 is 0 Å².